The van der Waals surface area contributed by atoms with Gasteiger partial charge in [0.2, 0.25) is 5.43 Å². The Balaban J connectivity index is 3.12. The number of rotatable bonds is 2. The van der Waals surface area contributed by atoms with E-state index >= 15 is 0 Å². The highest BCUT2D eigenvalue weighted by atomic mass is 16.5. The number of hydrogen-bond donors (Lipinski definition) is 0. The number of ether oxygens (including phenoxy) is 1. The lowest BCUT2D eigenvalue weighted by molar-refractivity contribution is 0.126. The van der Waals surface area contributed by atoms with Crippen molar-refractivity contribution < 1.29 is 4.74 Å². The summed E-state index contributed by atoms with van der Waals surface area (Å²) in [6.45, 7) is 10.8. The molecule has 0 aromatic heterocycles. The van der Waals surface area contributed by atoms with Crippen LogP contribution in [0.1, 0.15) is 33.3 Å². The second-order valence-corrected chi connectivity index (χ2v) is 4.36. The topological polar surface area (TPSA) is 43.4 Å². The molecule has 76 valence electrons. The molecule has 0 bridgehead atoms. The molecule has 0 spiro atoms. The molecule has 1 aromatic carbocycles. The standard InChI is InChI=1S/C11H14O3/c1-6(2)7-8(12)9(13)10(7)14-11(3,4)5/h1H2,2-5H3. The Labute approximate surface area is 82.7 Å². The molecule has 0 saturated heterocycles. The van der Waals surface area contributed by atoms with Gasteiger partial charge in [0, 0.05) is 0 Å². The van der Waals surface area contributed by atoms with Gasteiger partial charge in [0.25, 0.3) is 5.43 Å². The highest BCUT2D eigenvalue weighted by Gasteiger charge is 2.26. The predicted molar refractivity (Wildman–Crippen MR) is 56.4 cm³/mol. The average Bonchev–Trinajstić information content (AvgIpc) is 2.00. The van der Waals surface area contributed by atoms with Crippen LogP contribution >= 0.6 is 0 Å². The molecule has 0 aliphatic rings. The van der Waals surface area contributed by atoms with Gasteiger partial charge in [-0.15, -0.1) is 0 Å². The molecule has 14 heavy (non-hydrogen) atoms. The number of hydrogen-bond acceptors (Lipinski definition) is 3. The summed E-state index contributed by atoms with van der Waals surface area (Å²) in [6.07, 6.45) is 0. The molecule has 3 heteroatoms. The summed E-state index contributed by atoms with van der Waals surface area (Å²) >= 11 is 0. The Bertz CT molecular complexity index is 440. The van der Waals surface area contributed by atoms with Crippen LogP contribution in [-0.2, 0) is 0 Å². The molecule has 0 heterocycles. The van der Waals surface area contributed by atoms with E-state index in [-0.39, 0.29) is 5.75 Å². The van der Waals surface area contributed by atoms with Crippen LogP contribution in [0.4, 0.5) is 0 Å². The number of allylic oxidation sites excluding steroid dienone is 1. The van der Waals surface area contributed by atoms with E-state index < -0.39 is 16.5 Å². The second kappa shape index (κ2) is 3.08. The fourth-order valence-electron chi connectivity index (χ4n) is 1.16. The molecular formula is C11H14O3. The Morgan fingerprint density at radius 1 is 1.21 bits per heavy atom. The van der Waals surface area contributed by atoms with Crippen LogP contribution in [0.2, 0.25) is 0 Å². The first-order chi connectivity index (χ1) is 6.24. The molecule has 0 amide bonds. The van der Waals surface area contributed by atoms with E-state index in [4.69, 9.17) is 4.74 Å². The average molecular weight is 194 g/mol. The van der Waals surface area contributed by atoms with E-state index in [9.17, 15) is 9.59 Å². The minimum absolute atomic E-state index is 0.162. The smallest absolute Gasteiger partial charge is 0.268 e. The minimum Gasteiger partial charge on any atom is -0.483 e. The molecule has 0 aliphatic heterocycles. The summed E-state index contributed by atoms with van der Waals surface area (Å²) in [6, 6.07) is 0. The van der Waals surface area contributed by atoms with Crippen LogP contribution < -0.4 is 15.6 Å². The van der Waals surface area contributed by atoms with Crippen LogP contribution in [0.3, 0.4) is 0 Å². The Morgan fingerprint density at radius 3 is 2.07 bits per heavy atom. The lowest BCUT2D eigenvalue weighted by atomic mass is 10.0. The van der Waals surface area contributed by atoms with Gasteiger partial charge in [0.15, 0.2) is 5.75 Å². The molecule has 0 aliphatic carbocycles. The molecule has 0 saturated carbocycles. The van der Waals surface area contributed by atoms with E-state index in [1.807, 2.05) is 20.8 Å². The summed E-state index contributed by atoms with van der Waals surface area (Å²) < 4.78 is 5.38. The van der Waals surface area contributed by atoms with Gasteiger partial charge in [-0.3, -0.25) is 9.59 Å². The van der Waals surface area contributed by atoms with Crippen molar-refractivity contribution in [2.75, 3.05) is 0 Å². The van der Waals surface area contributed by atoms with Gasteiger partial charge in [0.05, 0.1) is 5.56 Å². The Kier molecular flexibility index (Phi) is 2.36. The van der Waals surface area contributed by atoms with Crippen molar-refractivity contribution in [1.29, 1.82) is 0 Å². The van der Waals surface area contributed by atoms with Gasteiger partial charge in [-0.05, 0) is 33.3 Å². The van der Waals surface area contributed by atoms with Crippen molar-refractivity contribution in [2.24, 2.45) is 0 Å². The molecule has 0 N–H and O–H groups in total. The first-order valence-electron chi connectivity index (χ1n) is 4.42. The summed E-state index contributed by atoms with van der Waals surface area (Å²) in [5.74, 6) is 0.162. The molecular weight excluding hydrogens is 180 g/mol. The zero-order chi connectivity index (χ0) is 11.1. The third kappa shape index (κ3) is 1.76. The summed E-state index contributed by atoms with van der Waals surface area (Å²) in [7, 11) is 0. The van der Waals surface area contributed by atoms with Crippen molar-refractivity contribution in [3.05, 3.63) is 32.6 Å². The van der Waals surface area contributed by atoms with Crippen molar-refractivity contribution in [3.63, 3.8) is 0 Å². The fraction of sp³-hybridized carbons (Fsp3) is 0.455. The third-order valence-corrected chi connectivity index (χ3v) is 1.70. The largest absolute Gasteiger partial charge is 0.483 e. The van der Waals surface area contributed by atoms with Crippen LogP contribution in [-0.4, -0.2) is 5.60 Å². The quantitative estimate of drug-likeness (QED) is 0.670. The molecule has 0 fully saturated rings. The van der Waals surface area contributed by atoms with Gasteiger partial charge < -0.3 is 4.74 Å². The Morgan fingerprint density at radius 2 is 1.71 bits per heavy atom. The van der Waals surface area contributed by atoms with E-state index in [0.717, 1.165) is 0 Å². The summed E-state index contributed by atoms with van der Waals surface area (Å²) in [5, 5.41) is 0. The molecule has 0 unspecified atom stereocenters. The van der Waals surface area contributed by atoms with Crippen LogP contribution in [0, 0.1) is 0 Å². The predicted octanol–water partition coefficient (Wildman–Crippen LogP) is 1.49. The highest BCUT2D eigenvalue weighted by molar-refractivity contribution is 5.70. The molecule has 3 nitrogen and oxygen atoms in total. The minimum atomic E-state index is -0.544. The molecule has 1 aromatic rings. The maximum Gasteiger partial charge on any atom is 0.268 e. The second-order valence-electron chi connectivity index (χ2n) is 4.36. The van der Waals surface area contributed by atoms with Crippen molar-refractivity contribution in [2.45, 2.75) is 33.3 Å². The van der Waals surface area contributed by atoms with Gasteiger partial charge in [-0.1, -0.05) is 6.58 Å². The zero-order valence-electron chi connectivity index (χ0n) is 8.93. The van der Waals surface area contributed by atoms with E-state index in [2.05, 4.69) is 6.58 Å². The van der Waals surface area contributed by atoms with Crippen molar-refractivity contribution >= 4 is 5.57 Å². The highest BCUT2D eigenvalue weighted by Crippen LogP contribution is 2.22. The van der Waals surface area contributed by atoms with Crippen molar-refractivity contribution in [3.8, 4) is 5.75 Å². The molecule has 0 radical (unpaired) electrons. The first-order valence-corrected chi connectivity index (χ1v) is 4.42. The maximum absolute atomic E-state index is 11.2. The van der Waals surface area contributed by atoms with Crippen molar-refractivity contribution in [1.82, 2.24) is 0 Å². The maximum atomic E-state index is 11.2. The summed E-state index contributed by atoms with van der Waals surface area (Å²) in [4.78, 5) is 22.3. The summed E-state index contributed by atoms with van der Waals surface area (Å²) in [5.41, 5.74) is -0.583. The van der Waals surface area contributed by atoms with E-state index in [1.165, 1.54) is 0 Å². The molecule has 1 rings (SSSR count). The van der Waals surface area contributed by atoms with E-state index in [1.54, 1.807) is 6.92 Å². The van der Waals surface area contributed by atoms with Crippen LogP contribution in [0.25, 0.3) is 5.57 Å². The Hall–Kier alpha value is -1.38. The van der Waals surface area contributed by atoms with Crippen LogP contribution in [0.15, 0.2) is 16.2 Å². The van der Waals surface area contributed by atoms with Gasteiger partial charge >= 0.3 is 0 Å². The van der Waals surface area contributed by atoms with Gasteiger partial charge in [0.1, 0.15) is 5.60 Å². The lowest BCUT2D eigenvalue weighted by Crippen LogP contribution is -2.40. The van der Waals surface area contributed by atoms with Gasteiger partial charge in [-0.25, -0.2) is 0 Å². The normalized spacial score (nSPS) is 11.7. The lowest BCUT2D eigenvalue weighted by Gasteiger charge is -2.23. The zero-order valence-corrected chi connectivity index (χ0v) is 8.93. The fourth-order valence-corrected chi connectivity index (χ4v) is 1.16. The van der Waals surface area contributed by atoms with E-state index in [0.29, 0.717) is 11.1 Å². The molecule has 0 atom stereocenters. The monoisotopic (exact) mass is 194 g/mol. The van der Waals surface area contributed by atoms with Gasteiger partial charge in [-0.2, -0.15) is 0 Å². The third-order valence-electron chi connectivity index (χ3n) is 1.70. The first kappa shape index (κ1) is 10.7. The SMILES string of the molecule is C=C(C)c1c(OC(C)(C)C)c(=O)c1=O. The van der Waals surface area contributed by atoms with Crippen LogP contribution in [0.5, 0.6) is 5.75 Å².